The molecule has 0 spiro atoms. The second-order valence-corrected chi connectivity index (χ2v) is 7.78. The Morgan fingerprint density at radius 2 is 1.96 bits per heavy atom. The number of unbranched alkanes of at least 4 members (excludes halogenated alkanes) is 2. The molecule has 0 unspecified atom stereocenters. The molecule has 1 fully saturated rings. The van der Waals surface area contributed by atoms with Crippen LogP contribution in [0.1, 0.15) is 58.3 Å². The lowest BCUT2D eigenvalue weighted by molar-refractivity contribution is 0.177. The molecule has 1 aliphatic carbocycles. The van der Waals surface area contributed by atoms with Crippen molar-refractivity contribution in [2.45, 2.75) is 58.3 Å². The van der Waals surface area contributed by atoms with Gasteiger partial charge in [0.1, 0.15) is 5.82 Å². The van der Waals surface area contributed by atoms with Crippen molar-refractivity contribution in [3.8, 4) is 5.19 Å². The van der Waals surface area contributed by atoms with E-state index in [0.29, 0.717) is 11.1 Å². The minimum Gasteiger partial charge on any atom is -0.470 e. The van der Waals surface area contributed by atoms with Crippen molar-refractivity contribution in [3.63, 3.8) is 0 Å². The van der Waals surface area contributed by atoms with E-state index in [9.17, 15) is 4.39 Å². The van der Waals surface area contributed by atoms with Crippen molar-refractivity contribution in [1.29, 1.82) is 0 Å². The molecule has 0 atom stereocenters. The standard InChI is InChI=1S/C19H26FNOS/c1-2-3-4-5-14-6-8-15(9-7-14)13-22-19-21-17-11-10-16(20)12-18(17)23-19/h10-12,14-15H,2-9,13H2,1H3. The Morgan fingerprint density at radius 1 is 1.17 bits per heavy atom. The van der Waals surface area contributed by atoms with Crippen LogP contribution < -0.4 is 4.74 Å². The Hall–Kier alpha value is -1.16. The van der Waals surface area contributed by atoms with Gasteiger partial charge in [-0.25, -0.2) is 9.37 Å². The number of fused-ring (bicyclic) bond motifs is 1. The van der Waals surface area contributed by atoms with Crippen molar-refractivity contribution in [2.24, 2.45) is 11.8 Å². The fourth-order valence-corrected chi connectivity index (χ4v) is 4.35. The minimum absolute atomic E-state index is 0.214. The summed E-state index contributed by atoms with van der Waals surface area (Å²) >= 11 is 1.44. The van der Waals surface area contributed by atoms with E-state index in [1.165, 1.54) is 74.8 Å². The highest BCUT2D eigenvalue weighted by Crippen LogP contribution is 2.33. The zero-order valence-corrected chi connectivity index (χ0v) is 14.7. The predicted octanol–water partition coefficient (Wildman–Crippen LogP) is 6.20. The van der Waals surface area contributed by atoms with Crippen LogP contribution in [0.15, 0.2) is 18.2 Å². The second-order valence-electron chi connectivity index (χ2n) is 6.79. The highest BCUT2D eigenvalue weighted by atomic mass is 32.1. The Balaban J connectivity index is 1.44. The summed E-state index contributed by atoms with van der Waals surface area (Å²) in [6, 6.07) is 4.70. The van der Waals surface area contributed by atoms with Gasteiger partial charge in [-0.15, -0.1) is 0 Å². The average Bonchev–Trinajstić information content (AvgIpc) is 2.96. The van der Waals surface area contributed by atoms with E-state index in [2.05, 4.69) is 11.9 Å². The lowest BCUT2D eigenvalue weighted by atomic mass is 9.80. The molecule has 0 radical (unpaired) electrons. The van der Waals surface area contributed by atoms with E-state index in [-0.39, 0.29) is 5.82 Å². The maximum absolute atomic E-state index is 13.2. The van der Waals surface area contributed by atoms with Crippen LogP contribution in [0.3, 0.4) is 0 Å². The number of aromatic nitrogens is 1. The molecule has 126 valence electrons. The molecule has 2 nitrogen and oxygen atoms in total. The topological polar surface area (TPSA) is 22.1 Å². The quantitative estimate of drug-likeness (QED) is 0.562. The first-order valence-electron chi connectivity index (χ1n) is 8.93. The summed E-state index contributed by atoms with van der Waals surface area (Å²) in [7, 11) is 0. The van der Waals surface area contributed by atoms with Crippen molar-refractivity contribution in [1.82, 2.24) is 4.98 Å². The molecular formula is C19H26FNOS. The molecule has 0 N–H and O–H groups in total. The Labute approximate surface area is 142 Å². The summed E-state index contributed by atoms with van der Waals surface area (Å²) in [4.78, 5) is 4.43. The van der Waals surface area contributed by atoms with Gasteiger partial charge >= 0.3 is 0 Å². The van der Waals surface area contributed by atoms with Crippen LogP contribution in [0.2, 0.25) is 0 Å². The third-order valence-electron chi connectivity index (χ3n) is 4.96. The Morgan fingerprint density at radius 3 is 2.74 bits per heavy atom. The molecule has 0 bridgehead atoms. The monoisotopic (exact) mass is 335 g/mol. The highest BCUT2D eigenvalue weighted by Gasteiger charge is 2.21. The fourth-order valence-electron chi connectivity index (χ4n) is 3.50. The molecule has 4 heteroatoms. The first-order chi connectivity index (χ1) is 11.2. The summed E-state index contributed by atoms with van der Waals surface area (Å²) in [5.74, 6) is 1.37. The van der Waals surface area contributed by atoms with Gasteiger partial charge in [0.15, 0.2) is 0 Å². The number of halogens is 1. The van der Waals surface area contributed by atoms with Gasteiger partial charge in [0, 0.05) is 0 Å². The number of benzene rings is 1. The van der Waals surface area contributed by atoms with Gasteiger partial charge in [-0.05, 0) is 42.9 Å². The average molecular weight is 335 g/mol. The van der Waals surface area contributed by atoms with Gasteiger partial charge in [0.2, 0.25) is 0 Å². The molecule has 3 rings (SSSR count). The minimum atomic E-state index is -0.214. The first-order valence-corrected chi connectivity index (χ1v) is 9.75. The molecule has 1 heterocycles. The summed E-state index contributed by atoms with van der Waals surface area (Å²) in [6.07, 6.45) is 10.7. The number of ether oxygens (including phenoxy) is 1. The number of hydrogen-bond acceptors (Lipinski definition) is 3. The first kappa shape index (κ1) is 16.7. The molecular weight excluding hydrogens is 309 g/mol. The smallest absolute Gasteiger partial charge is 0.274 e. The molecule has 1 saturated carbocycles. The zero-order chi connectivity index (χ0) is 16.1. The van der Waals surface area contributed by atoms with Gasteiger partial charge in [-0.2, -0.15) is 0 Å². The number of rotatable bonds is 7. The van der Waals surface area contributed by atoms with Crippen LogP contribution in [0, 0.1) is 17.7 Å². The molecule has 1 aromatic heterocycles. The van der Waals surface area contributed by atoms with Gasteiger partial charge in [-0.1, -0.05) is 56.8 Å². The van der Waals surface area contributed by atoms with E-state index >= 15 is 0 Å². The molecule has 0 aliphatic heterocycles. The van der Waals surface area contributed by atoms with Gasteiger partial charge in [-0.3, -0.25) is 0 Å². The van der Waals surface area contributed by atoms with Crippen LogP contribution in [-0.2, 0) is 0 Å². The number of thiazole rings is 1. The summed E-state index contributed by atoms with van der Waals surface area (Å²) < 4.78 is 20.0. The summed E-state index contributed by atoms with van der Waals surface area (Å²) in [6.45, 7) is 3.02. The summed E-state index contributed by atoms with van der Waals surface area (Å²) in [5.41, 5.74) is 0.825. The van der Waals surface area contributed by atoms with Crippen LogP contribution in [-0.4, -0.2) is 11.6 Å². The van der Waals surface area contributed by atoms with Crippen molar-refractivity contribution >= 4 is 21.6 Å². The van der Waals surface area contributed by atoms with Crippen LogP contribution >= 0.6 is 11.3 Å². The zero-order valence-electron chi connectivity index (χ0n) is 13.9. The largest absolute Gasteiger partial charge is 0.470 e. The third-order valence-corrected chi connectivity index (χ3v) is 5.89. The van der Waals surface area contributed by atoms with E-state index in [1.54, 1.807) is 6.07 Å². The van der Waals surface area contributed by atoms with Gasteiger partial charge < -0.3 is 4.74 Å². The molecule has 1 aromatic carbocycles. The SMILES string of the molecule is CCCCCC1CCC(COc2nc3ccc(F)cc3s2)CC1. The molecule has 0 saturated heterocycles. The van der Waals surface area contributed by atoms with Crippen LogP contribution in [0.5, 0.6) is 5.19 Å². The molecule has 23 heavy (non-hydrogen) atoms. The maximum atomic E-state index is 13.2. The van der Waals surface area contributed by atoms with E-state index in [1.807, 2.05) is 0 Å². The lowest BCUT2D eigenvalue weighted by Crippen LogP contribution is -2.20. The normalized spacial score (nSPS) is 21.7. The van der Waals surface area contributed by atoms with Crippen molar-refractivity contribution in [3.05, 3.63) is 24.0 Å². The highest BCUT2D eigenvalue weighted by molar-refractivity contribution is 7.20. The fraction of sp³-hybridized carbons (Fsp3) is 0.632. The summed E-state index contributed by atoms with van der Waals surface area (Å²) in [5, 5.41) is 0.677. The van der Waals surface area contributed by atoms with Crippen LogP contribution in [0.4, 0.5) is 4.39 Å². The molecule has 1 aliphatic rings. The Bertz CT molecular complexity index is 619. The van der Waals surface area contributed by atoms with Crippen LogP contribution in [0.25, 0.3) is 10.2 Å². The van der Waals surface area contributed by atoms with Crippen molar-refractivity contribution in [2.75, 3.05) is 6.61 Å². The van der Waals surface area contributed by atoms with Gasteiger partial charge in [0.05, 0.1) is 16.8 Å². The lowest BCUT2D eigenvalue weighted by Gasteiger charge is -2.28. The number of hydrogen-bond donors (Lipinski definition) is 0. The van der Waals surface area contributed by atoms with Crippen molar-refractivity contribution < 1.29 is 9.13 Å². The Kier molecular flexibility index (Phi) is 5.87. The molecule has 0 amide bonds. The van der Waals surface area contributed by atoms with E-state index in [0.717, 1.165) is 22.7 Å². The predicted molar refractivity (Wildman–Crippen MR) is 94.7 cm³/mol. The molecule has 2 aromatic rings. The second kappa shape index (κ2) is 8.09. The maximum Gasteiger partial charge on any atom is 0.274 e. The van der Waals surface area contributed by atoms with Gasteiger partial charge in [0.25, 0.3) is 5.19 Å². The third kappa shape index (κ3) is 4.66. The van der Waals surface area contributed by atoms with E-state index in [4.69, 9.17) is 4.74 Å². The number of nitrogens with zero attached hydrogens (tertiary/aromatic N) is 1. The van der Waals surface area contributed by atoms with E-state index < -0.39 is 0 Å².